The first-order valence-corrected chi connectivity index (χ1v) is 11.1. The van der Waals surface area contributed by atoms with Crippen molar-refractivity contribution in [2.75, 3.05) is 36.5 Å². The smallest absolute Gasteiger partial charge is 0.224 e. The Labute approximate surface area is 191 Å². The molecule has 1 aliphatic rings. The number of imidazole rings is 1. The highest BCUT2D eigenvalue weighted by molar-refractivity contribution is 5.91. The number of aryl methyl sites for hydroxylation is 1. The third-order valence-electron chi connectivity index (χ3n) is 5.80. The number of morpholine rings is 1. The van der Waals surface area contributed by atoms with Crippen molar-refractivity contribution in [3.05, 3.63) is 84.4 Å². The lowest BCUT2D eigenvalue weighted by Gasteiger charge is -2.29. The Morgan fingerprint density at radius 3 is 2.55 bits per heavy atom. The van der Waals surface area contributed by atoms with E-state index in [-0.39, 0.29) is 18.1 Å². The van der Waals surface area contributed by atoms with E-state index in [4.69, 9.17) is 9.72 Å². The highest BCUT2D eigenvalue weighted by Crippen LogP contribution is 2.25. The number of nitrogens with zero attached hydrogens (tertiary/aromatic N) is 3. The maximum Gasteiger partial charge on any atom is 0.224 e. The molecule has 1 N–H and O–H groups in total. The summed E-state index contributed by atoms with van der Waals surface area (Å²) in [6, 6.07) is 22.7. The van der Waals surface area contributed by atoms with E-state index in [0.717, 1.165) is 22.5 Å². The molecule has 6 nitrogen and oxygen atoms in total. The molecule has 0 atom stereocenters. The molecule has 7 heteroatoms. The first-order valence-electron chi connectivity index (χ1n) is 11.1. The molecular formula is C26H25FN4O2. The van der Waals surface area contributed by atoms with Crippen LogP contribution in [0, 0.1) is 5.82 Å². The molecule has 0 saturated carbocycles. The monoisotopic (exact) mass is 444 g/mol. The number of ether oxygens (including phenoxy) is 1. The molecule has 1 aliphatic heterocycles. The van der Waals surface area contributed by atoms with Crippen LogP contribution in [-0.4, -0.2) is 41.8 Å². The third kappa shape index (κ3) is 4.59. The topological polar surface area (TPSA) is 59.4 Å². The molecular weight excluding hydrogens is 419 g/mol. The van der Waals surface area contributed by atoms with Gasteiger partial charge in [-0.05, 0) is 42.5 Å². The number of aromatic nitrogens is 2. The maximum atomic E-state index is 14.6. The van der Waals surface area contributed by atoms with E-state index >= 15 is 0 Å². The average molecular weight is 445 g/mol. The normalized spacial score (nSPS) is 13.9. The van der Waals surface area contributed by atoms with Gasteiger partial charge in [0.05, 0.1) is 29.9 Å². The summed E-state index contributed by atoms with van der Waals surface area (Å²) in [5.41, 5.74) is 3.87. The van der Waals surface area contributed by atoms with Crippen molar-refractivity contribution in [1.82, 2.24) is 9.55 Å². The minimum atomic E-state index is -0.347. The first kappa shape index (κ1) is 21.2. The summed E-state index contributed by atoms with van der Waals surface area (Å²) in [6.07, 6.45) is 0.701. The summed E-state index contributed by atoms with van der Waals surface area (Å²) in [6.45, 7) is 2.49. The molecule has 5 rings (SSSR count). The Hall–Kier alpha value is -3.71. The van der Waals surface area contributed by atoms with Gasteiger partial charge in [0, 0.05) is 37.3 Å². The molecule has 2 heterocycles. The first-order chi connectivity index (χ1) is 16.2. The lowest BCUT2D eigenvalue weighted by Crippen LogP contribution is -2.36. The van der Waals surface area contributed by atoms with Crippen LogP contribution in [0.5, 0.6) is 0 Å². The Morgan fingerprint density at radius 1 is 1.00 bits per heavy atom. The van der Waals surface area contributed by atoms with E-state index in [1.165, 1.54) is 6.07 Å². The highest BCUT2D eigenvalue weighted by Gasteiger charge is 2.17. The second-order valence-corrected chi connectivity index (χ2v) is 8.00. The summed E-state index contributed by atoms with van der Waals surface area (Å²) in [5.74, 6) is 0.284. The fraction of sp³-hybridized carbons (Fsp3) is 0.231. The van der Waals surface area contributed by atoms with E-state index in [9.17, 15) is 9.18 Å². The van der Waals surface area contributed by atoms with Gasteiger partial charge in [-0.2, -0.15) is 0 Å². The standard InChI is InChI=1S/C26H25FN4O2/c27-21-18-19(10-11-23(21)30-14-16-33-17-15-30)28-26(32)13-12-25-29-22-8-4-5-9-24(22)31(25)20-6-2-1-3-7-20/h1-11,18H,12-17H2,(H,28,32). The molecule has 1 saturated heterocycles. The van der Waals surface area contributed by atoms with Gasteiger partial charge in [-0.3, -0.25) is 9.36 Å². The largest absolute Gasteiger partial charge is 0.378 e. The number of hydrogen-bond acceptors (Lipinski definition) is 4. The minimum absolute atomic E-state index is 0.180. The fourth-order valence-corrected chi connectivity index (χ4v) is 4.20. The van der Waals surface area contributed by atoms with Gasteiger partial charge < -0.3 is 15.0 Å². The van der Waals surface area contributed by atoms with Gasteiger partial charge in [-0.15, -0.1) is 0 Å². The Morgan fingerprint density at radius 2 is 1.76 bits per heavy atom. The van der Waals surface area contributed by atoms with E-state index < -0.39 is 0 Å². The second kappa shape index (κ2) is 9.42. The number of fused-ring (bicyclic) bond motifs is 1. The molecule has 3 aromatic carbocycles. The highest BCUT2D eigenvalue weighted by atomic mass is 19.1. The van der Waals surface area contributed by atoms with Crippen molar-refractivity contribution >= 4 is 28.3 Å². The van der Waals surface area contributed by atoms with Crippen LogP contribution < -0.4 is 10.2 Å². The number of rotatable bonds is 6. The molecule has 0 spiro atoms. The predicted molar refractivity (Wildman–Crippen MR) is 127 cm³/mol. The number of benzene rings is 3. The van der Waals surface area contributed by atoms with Crippen LogP contribution >= 0.6 is 0 Å². The summed E-state index contributed by atoms with van der Waals surface area (Å²) in [7, 11) is 0. The van der Waals surface area contributed by atoms with Crippen LogP contribution in [-0.2, 0) is 16.0 Å². The molecule has 1 fully saturated rings. The van der Waals surface area contributed by atoms with Crippen LogP contribution in [0.2, 0.25) is 0 Å². The number of para-hydroxylation sites is 3. The molecule has 0 bridgehead atoms. The van der Waals surface area contributed by atoms with Gasteiger partial charge in [0.2, 0.25) is 5.91 Å². The second-order valence-electron chi connectivity index (χ2n) is 8.00. The van der Waals surface area contributed by atoms with Crippen LogP contribution in [0.25, 0.3) is 16.7 Å². The van der Waals surface area contributed by atoms with E-state index in [1.807, 2.05) is 59.5 Å². The molecule has 0 unspecified atom stereocenters. The Bertz CT molecular complexity index is 1270. The van der Waals surface area contributed by atoms with Gasteiger partial charge in [0.15, 0.2) is 0 Å². The molecule has 1 amide bonds. The zero-order valence-corrected chi connectivity index (χ0v) is 18.2. The van der Waals surface area contributed by atoms with E-state index in [1.54, 1.807) is 12.1 Å². The lowest BCUT2D eigenvalue weighted by atomic mass is 10.2. The Kier molecular flexibility index (Phi) is 6.04. The molecule has 0 radical (unpaired) electrons. The van der Waals surface area contributed by atoms with Gasteiger partial charge in [-0.25, -0.2) is 9.37 Å². The van der Waals surface area contributed by atoms with Crippen LogP contribution in [0.1, 0.15) is 12.2 Å². The van der Waals surface area contributed by atoms with Crippen molar-refractivity contribution in [3.63, 3.8) is 0 Å². The summed E-state index contributed by atoms with van der Waals surface area (Å²) >= 11 is 0. The number of anilines is 2. The number of amides is 1. The van der Waals surface area contributed by atoms with Crippen molar-refractivity contribution in [1.29, 1.82) is 0 Å². The van der Waals surface area contributed by atoms with Crippen molar-refractivity contribution in [2.45, 2.75) is 12.8 Å². The molecule has 33 heavy (non-hydrogen) atoms. The van der Waals surface area contributed by atoms with Crippen molar-refractivity contribution < 1.29 is 13.9 Å². The molecule has 0 aliphatic carbocycles. The van der Waals surface area contributed by atoms with Crippen molar-refractivity contribution in [3.8, 4) is 5.69 Å². The summed E-state index contributed by atoms with van der Waals surface area (Å²) < 4.78 is 22.1. The molecule has 1 aromatic heterocycles. The van der Waals surface area contributed by atoms with Gasteiger partial charge >= 0.3 is 0 Å². The lowest BCUT2D eigenvalue weighted by molar-refractivity contribution is -0.116. The van der Waals surface area contributed by atoms with E-state index in [0.29, 0.717) is 44.1 Å². The predicted octanol–water partition coefficient (Wildman–Crippen LogP) is 4.57. The summed E-state index contributed by atoms with van der Waals surface area (Å²) in [5, 5.41) is 2.82. The third-order valence-corrected chi connectivity index (χ3v) is 5.80. The number of halogens is 1. The van der Waals surface area contributed by atoms with Gasteiger partial charge in [0.1, 0.15) is 11.6 Å². The molecule has 4 aromatic rings. The number of carbonyl (C=O) groups excluding carboxylic acids is 1. The van der Waals surface area contributed by atoms with E-state index in [2.05, 4.69) is 9.88 Å². The number of carbonyl (C=O) groups is 1. The zero-order valence-electron chi connectivity index (χ0n) is 18.2. The Balaban J connectivity index is 1.29. The quantitative estimate of drug-likeness (QED) is 0.473. The molecule has 168 valence electrons. The fourth-order valence-electron chi connectivity index (χ4n) is 4.20. The number of hydrogen-bond donors (Lipinski definition) is 1. The summed E-state index contributed by atoms with van der Waals surface area (Å²) in [4.78, 5) is 19.4. The minimum Gasteiger partial charge on any atom is -0.378 e. The number of nitrogens with one attached hydrogen (secondary N) is 1. The van der Waals surface area contributed by atoms with Crippen LogP contribution in [0.4, 0.5) is 15.8 Å². The van der Waals surface area contributed by atoms with Crippen molar-refractivity contribution in [2.24, 2.45) is 0 Å². The van der Waals surface area contributed by atoms with Crippen LogP contribution in [0.15, 0.2) is 72.8 Å². The van der Waals surface area contributed by atoms with Crippen LogP contribution in [0.3, 0.4) is 0 Å². The zero-order chi connectivity index (χ0) is 22.6. The van der Waals surface area contributed by atoms with Gasteiger partial charge in [-0.1, -0.05) is 30.3 Å². The average Bonchev–Trinajstić information content (AvgIpc) is 3.22. The van der Waals surface area contributed by atoms with Gasteiger partial charge in [0.25, 0.3) is 0 Å². The maximum absolute atomic E-state index is 14.6. The SMILES string of the molecule is O=C(CCc1nc2ccccc2n1-c1ccccc1)Nc1ccc(N2CCOCC2)c(F)c1.